The predicted molar refractivity (Wildman–Crippen MR) is 105 cm³/mol. The Hall–Kier alpha value is -2.93. The second-order valence-electron chi connectivity index (χ2n) is 6.53. The van der Waals surface area contributed by atoms with Crippen molar-refractivity contribution in [1.82, 2.24) is 19.9 Å². The van der Waals surface area contributed by atoms with Crippen LogP contribution in [0.5, 0.6) is 0 Å². The highest BCUT2D eigenvalue weighted by Crippen LogP contribution is 2.34. The van der Waals surface area contributed by atoms with Gasteiger partial charge < -0.3 is 4.90 Å². The maximum atomic E-state index is 14.7. The Morgan fingerprint density at radius 2 is 1.78 bits per heavy atom. The van der Waals surface area contributed by atoms with E-state index in [9.17, 15) is 4.39 Å². The molecule has 1 aliphatic rings. The summed E-state index contributed by atoms with van der Waals surface area (Å²) < 4.78 is 14.7. The summed E-state index contributed by atoms with van der Waals surface area (Å²) in [6, 6.07) is 9.53. The predicted octanol–water partition coefficient (Wildman–Crippen LogP) is 4.55. The smallest absolute Gasteiger partial charge is 0.224 e. The van der Waals surface area contributed by atoms with Crippen molar-refractivity contribution in [1.29, 1.82) is 0 Å². The molecule has 0 amide bonds. The Kier molecular flexibility index (Phi) is 4.01. The van der Waals surface area contributed by atoms with E-state index in [2.05, 4.69) is 30.9 Å². The van der Waals surface area contributed by atoms with E-state index in [-0.39, 0.29) is 0 Å². The van der Waals surface area contributed by atoms with E-state index >= 15 is 0 Å². The molecule has 0 radical (unpaired) electrons. The van der Waals surface area contributed by atoms with Gasteiger partial charge in [-0.15, -0.1) is 11.3 Å². The van der Waals surface area contributed by atoms with Crippen molar-refractivity contribution in [3.63, 3.8) is 0 Å². The van der Waals surface area contributed by atoms with E-state index in [1.54, 1.807) is 29.8 Å². The maximum Gasteiger partial charge on any atom is 0.224 e. The molecule has 0 atom stereocenters. The Balaban J connectivity index is 1.51. The summed E-state index contributed by atoms with van der Waals surface area (Å²) in [5.74, 6) is 0.233. The molecular weight excluding hydrogens is 361 g/mol. The van der Waals surface area contributed by atoms with Gasteiger partial charge in [0.05, 0.1) is 11.3 Å². The van der Waals surface area contributed by atoms with Crippen LogP contribution in [0.3, 0.4) is 0 Å². The van der Waals surface area contributed by atoms with Gasteiger partial charge in [0.15, 0.2) is 0 Å². The minimum atomic E-state index is -0.473. The number of halogens is 1. The molecule has 0 saturated carbocycles. The van der Waals surface area contributed by atoms with Gasteiger partial charge in [-0.1, -0.05) is 0 Å². The van der Waals surface area contributed by atoms with Crippen LogP contribution >= 0.6 is 11.3 Å². The largest absolute Gasteiger partial charge is 0.357 e. The lowest BCUT2D eigenvalue weighted by Crippen LogP contribution is -2.19. The zero-order valence-electron chi connectivity index (χ0n) is 14.5. The fraction of sp³-hybridized carbons (Fsp3) is 0.200. The van der Waals surface area contributed by atoms with Gasteiger partial charge in [-0.3, -0.25) is 0 Å². The molecule has 1 aliphatic heterocycles. The molecule has 0 aromatic carbocycles. The zero-order valence-corrected chi connectivity index (χ0v) is 15.3. The number of pyridine rings is 2. The van der Waals surface area contributed by atoms with Crippen LogP contribution in [0, 0.1) is 5.95 Å². The molecule has 5 nitrogen and oxygen atoms in total. The summed E-state index contributed by atoms with van der Waals surface area (Å²) >= 11 is 1.55. The second-order valence-corrected chi connectivity index (χ2v) is 7.56. The highest BCUT2D eigenvalue weighted by Gasteiger charge is 2.17. The SMILES string of the molecule is Fc1nc(N2CCCC2)ccc1-c1ccc2cc(-c3cncnc3)sc2n1. The number of rotatable bonds is 3. The Bertz CT molecular complexity index is 1110. The number of fused-ring (bicyclic) bond motifs is 1. The third-order valence-corrected chi connectivity index (χ3v) is 5.86. The number of thiophene rings is 1. The van der Waals surface area contributed by atoms with Gasteiger partial charge in [-0.05, 0) is 43.2 Å². The van der Waals surface area contributed by atoms with Crippen LogP contribution < -0.4 is 4.90 Å². The average molecular weight is 377 g/mol. The van der Waals surface area contributed by atoms with Crippen LogP contribution in [0.25, 0.3) is 31.9 Å². The molecule has 134 valence electrons. The third kappa shape index (κ3) is 3.04. The van der Waals surface area contributed by atoms with Crippen molar-refractivity contribution >= 4 is 27.4 Å². The van der Waals surface area contributed by atoms with Crippen LogP contribution in [0.1, 0.15) is 12.8 Å². The molecule has 0 spiro atoms. The first-order chi connectivity index (χ1) is 13.3. The number of hydrogen-bond donors (Lipinski definition) is 0. The first-order valence-corrected chi connectivity index (χ1v) is 9.67. The molecular formula is C20H16FN5S. The van der Waals surface area contributed by atoms with Crippen molar-refractivity contribution < 1.29 is 4.39 Å². The van der Waals surface area contributed by atoms with E-state index < -0.39 is 5.95 Å². The van der Waals surface area contributed by atoms with E-state index in [1.807, 2.05) is 18.2 Å². The Morgan fingerprint density at radius 3 is 2.56 bits per heavy atom. The lowest BCUT2D eigenvalue weighted by Gasteiger charge is -2.16. The summed E-state index contributed by atoms with van der Waals surface area (Å²) in [4.78, 5) is 21.0. The van der Waals surface area contributed by atoms with Crippen molar-refractivity contribution in [2.24, 2.45) is 0 Å². The first kappa shape index (κ1) is 16.3. The fourth-order valence-corrected chi connectivity index (χ4v) is 4.38. The Morgan fingerprint density at radius 1 is 0.963 bits per heavy atom. The van der Waals surface area contributed by atoms with Crippen molar-refractivity contribution in [2.75, 3.05) is 18.0 Å². The van der Waals surface area contributed by atoms with E-state index in [0.717, 1.165) is 46.6 Å². The first-order valence-electron chi connectivity index (χ1n) is 8.86. The molecule has 1 fully saturated rings. The van der Waals surface area contributed by atoms with Crippen LogP contribution in [0.2, 0.25) is 0 Å². The van der Waals surface area contributed by atoms with Gasteiger partial charge >= 0.3 is 0 Å². The highest BCUT2D eigenvalue weighted by molar-refractivity contribution is 7.21. The van der Waals surface area contributed by atoms with Crippen LogP contribution in [-0.2, 0) is 0 Å². The minimum Gasteiger partial charge on any atom is -0.357 e. The lowest BCUT2D eigenvalue weighted by atomic mass is 10.1. The number of hydrogen-bond acceptors (Lipinski definition) is 6. The average Bonchev–Trinajstić information content (AvgIpc) is 3.38. The fourth-order valence-electron chi connectivity index (χ4n) is 3.37. The molecule has 0 aliphatic carbocycles. The molecule has 27 heavy (non-hydrogen) atoms. The van der Waals surface area contributed by atoms with E-state index in [1.165, 1.54) is 6.33 Å². The summed E-state index contributed by atoms with van der Waals surface area (Å²) in [6.07, 6.45) is 7.33. The highest BCUT2D eigenvalue weighted by atomic mass is 32.1. The normalized spacial score (nSPS) is 14.2. The third-order valence-electron chi connectivity index (χ3n) is 4.77. The molecule has 7 heteroatoms. The maximum absolute atomic E-state index is 14.7. The summed E-state index contributed by atoms with van der Waals surface area (Å²) in [7, 11) is 0. The van der Waals surface area contributed by atoms with Crippen molar-refractivity contribution in [2.45, 2.75) is 12.8 Å². The van der Waals surface area contributed by atoms with E-state index in [4.69, 9.17) is 0 Å². The molecule has 0 bridgehead atoms. The lowest BCUT2D eigenvalue weighted by molar-refractivity contribution is 0.585. The number of anilines is 1. The zero-order chi connectivity index (χ0) is 18.2. The number of nitrogens with zero attached hydrogens (tertiary/aromatic N) is 5. The van der Waals surface area contributed by atoms with Gasteiger partial charge in [-0.25, -0.2) is 19.9 Å². The molecule has 4 aromatic rings. The molecule has 0 unspecified atom stereocenters. The summed E-state index contributed by atoms with van der Waals surface area (Å²) in [6.45, 7) is 1.88. The summed E-state index contributed by atoms with van der Waals surface area (Å²) in [5, 5.41) is 1.02. The van der Waals surface area contributed by atoms with Gasteiger partial charge in [0, 0.05) is 41.3 Å². The summed E-state index contributed by atoms with van der Waals surface area (Å²) in [5.41, 5.74) is 1.97. The quantitative estimate of drug-likeness (QED) is 0.490. The van der Waals surface area contributed by atoms with Crippen LogP contribution in [0.4, 0.5) is 10.2 Å². The molecule has 4 aromatic heterocycles. The van der Waals surface area contributed by atoms with Gasteiger partial charge in [-0.2, -0.15) is 4.39 Å². The number of aromatic nitrogens is 4. The van der Waals surface area contributed by atoms with Crippen molar-refractivity contribution in [3.8, 4) is 21.7 Å². The van der Waals surface area contributed by atoms with Crippen LogP contribution in [-0.4, -0.2) is 33.0 Å². The molecule has 5 rings (SSSR count). The standard InChI is InChI=1S/C20H16FN5S/c21-19-15(4-6-18(25-19)26-7-1-2-8-26)16-5-3-13-9-17(27-20(13)24-16)14-10-22-12-23-11-14/h3-6,9-12H,1-2,7-8H2. The van der Waals surface area contributed by atoms with Crippen LogP contribution in [0.15, 0.2) is 49.1 Å². The van der Waals surface area contributed by atoms with Gasteiger partial charge in [0.25, 0.3) is 0 Å². The minimum absolute atomic E-state index is 0.429. The van der Waals surface area contributed by atoms with Gasteiger partial charge in [0.1, 0.15) is 17.0 Å². The Labute approximate surface area is 159 Å². The second kappa shape index (κ2) is 6.66. The van der Waals surface area contributed by atoms with Crippen molar-refractivity contribution in [3.05, 3.63) is 55.0 Å². The molecule has 1 saturated heterocycles. The monoisotopic (exact) mass is 377 g/mol. The topological polar surface area (TPSA) is 54.8 Å². The van der Waals surface area contributed by atoms with Gasteiger partial charge in [0.2, 0.25) is 5.95 Å². The molecule has 0 N–H and O–H groups in total. The molecule has 5 heterocycles. The van der Waals surface area contributed by atoms with E-state index in [0.29, 0.717) is 17.1 Å².